The van der Waals surface area contributed by atoms with Gasteiger partial charge < -0.3 is 14.8 Å². The summed E-state index contributed by atoms with van der Waals surface area (Å²) >= 11 is 7.38. The van der Waals surface area contributed by atoms with Crippen LogP contribution in [0.15, 0.2) is 76.8 Å². The summed E-state index contributed by atoms with van der Waals surface area (Å²) in [6.07, 6.45) is 0. The van der Waals surface area contributed by atoms with Gasteiger partial charge in [-0.2, -0.15) is 4.98 Å². The molecule has 0 spiro atoms. The second-order valence-electron chi connectivity index (χ2n) is 7.04. The molecule has 34 heavy (non-hydrogen) atoms. The number of rotatable bonds is 8. The third-order valence-electron chi connectivity index (χ3n) is 4.85. The Labute approximate surface area is 204 Å². The third kappa shape index (κ3) is 5.32. The zero-order chi connectivity index (χ0) is 24.1. The standard InChI is InChI=1S/C24H20ClFN4O3S/c1-32-18-7-5-8-19(33-2)21(18)22(31)27-17-6-3-4-9-20(17)34-24-28-23(25)29-30(24)14-15-10-12-16(26)13-11-15/h3-13H,14H2,1-2H3,(H,27,31). The lowest BCUT2D eigenvalue weighted by Gasteiger charge is -2.15. The van der Waals surface area contributed by atoms with Crippen LogP contribution < -0.4 is 14.8 Å². The molecule has 3 aromatic carbocycles. The predicted molar refractivity (Wildman–Crippen MR) is 129 cm³/mol. The number of nitrogens with one attached hydrogen (secondary N) is 1. The number of nitrogens with zero attached hydrogens (tertiary/aromatic N) is 3. The fourth-order valence-electron chi connectivity index (χ4n) is 3.26. The molecule has 0 fully saturated rings. The van der Waals surface area contributed by atoms with E-state index < -0.39 is 0 Å². The minimum atomic E-state index is -0.381. The lowest BCUT2D eigenvalue weighted by atomic mass is 10.1. The number of hydrogen-bond donors (Lipinski definition) is 1. The van der Waals surface area contributed by atoms with Crippen molar-refractivity contribution in [1.29, 1.82) is 0 Å². The van der Waals surface area contributed by atoms with E-state index in [4.69, 9.17) is 21.1 Å². The Morgan fingerprint density at radius 3 is 2.38 bits per heavy atom. The van der Waals surface area contributed by atoms with Crippen molar-refractivity contribution < 1.29 is 18.7 Å². The fourth-order valence-corrected chi connectivity index (χ4v) is 4.40. The Balaban J connectivity index is 1.60. The average molecular weight is 499 g/mol. The van der Waals surface area contributed by atoms with E-state index in [9.17, 15) is 9.18 Å². The molecule has 1 aromatic heterocycles. The molecule has 4 rings (SSSR count). The van der Waals surface area contributed by atoms with Gasteiger partial charge >= 0.3 is 0 Å². The van der Waals surface area contributed by atoms with E-state index in [1.54, 1.807) is 41.1 Å². The van der Waals surface area contributed by atoms with Crippen LogP contribution in [0.1, 0.15) is 15.9 Å². The highest BCUT2D eigenvalue weighted by Gasteiger charge is 2.20. The van der Waals surface area contributed by atoms with Crippen LogP contribution in [0.25, 0.3) is 0 Å². The molecule has 4 aromatic rings. The largest absolute Gasteiger partial charge is 0.496 e. The van der Waals surface area contributed by atoms with E-state index in [1.165, 1.54) is 38.1 Å². The Kier molecular flexibility index (Phi) is 7.34. The molecule has 0 aliphatic carbocycles. The maximum absolute atomic E-state index is 13.3. The van der Waals surface area contributed by atoms with E-state index in [2.05, 4.69) is 15.4 Å². The first-order valence-electron chi connectivity index (χ1n) is 10.1. The number of amides is 1. The van der Waals surface area contributed by atoms with E-state index in [0.29, 0.717) is 28.9 Å². The first kappa shape index (κ1) is 23.6. The number of anilines is 1. The molecule has 0 atom stereocenters. The summed E-state index contributed by atoms with van der Waals surface area (Å²) in [7, 11) is 2.99. The molecular weight excluding hydrogens is 479 g/mol. The molecule has 0 unspecified atom stereocenters. The number of carbonyl (C=O) groups excluding carboxylic acids is 1. The molecule has 174 valence electrons. The smallest absolute Gasteiger partial charge is 0.263 e. The van der Waals surface area contributed by atoms with Gasteiger partial charge in [-0.3, -0.25) is 4.79 Å². The maximum atomic E-state index is 13.3. The molecule has 0 aliphatic rings. The van der Waals surface area contributed by atoms with Crippen molar-refractivity contribution in [3.05, 3.63) is 89.0 Å². The summed E-state index contributed by atoms with van der Waals surface area (Å²) < 4.78 is 25.6. The topological polar surface area (TPSA) is 78.3 Å². The predicted octanol–water partition coefficient (Wildman–Crippen LogP) is 5.54. The zero-order valence-corrected chi connectivity index (χ0v) is 19.9. The summed E-state index contributed by atoms with van der Waals surface area (Å²) in [5.74, 6) is 0.0973. The maximum Gasteiger partial charge on any atom is 0.263 e. The van der Waals surface area contributed by atoms with Crippen molar-refractivity contribution in [2.75, 3.05) is 19.5 Å². The van der Waals surface area contributed by atoms with Crippen LogP contribution in [0.3, 0.4) is 0 Å². The number of para-hydroxylation sites is 1. The van der Waals surface area contributed by atoms with Gasteiger partial charge in [0.25, 0.3) is 5.91 Å². The number of benzene rings is 3. The molecule has 0 radical (unpaired) electrons. The number of halogens is 2. The van der Waals surface area contributed by atoms with E-state index in [0.717, 1.165) is 10.5 Å². The SMILES string of the molecule is COc1cccc(OC)c1C(=O)Nc1ccccc1Sc1nc(Cl)nn1Cc1ccc(F)cc1. The molecule has 1 heterocycles. The number of hydrogen-bond acceptors (Lipinski definition) is 6. The highest BCUT2D eigenvalue weighted by Crippen LogP contribution is 2.35. The highest BCUT2D eigenvalue weighted by molar-refractivity contribution is 7.99. The monoisotopic (exact) mass is 498 g/mol. The average Bonchev–Trinajstić information content (AvgIpc) is 3.19. The zero-order valence-electron chi connectivity index (χ0n) is 18.3. The van der Waals surface area contributed by atoms with Gasteiger partial charge in [0, 0.05) is 4.90 Å². The van der Waals surface area contributed by atoms with Gasteiger partial charge in [0.1, 0.15) is 22.9 Å². The summed E-state index contributed by atoms with van der Waals surface area (Å²) in [5, 5.41) is 7.78. The Morgan fingerprint density at radius 2 is 1.71 bits per heavy atom. The van der Waals surface area contributed by atoms with Crippen LogP contribution in [0, 0.1) is 5.82 Å². The first-order chi connectivity index (χ1) is 16.5. The second-order valence-corrected chi connectivity index (χ2v) is 8.38. The summed E-state index contributed by atoms with van der Waals surface area (Å²) in [6, 6.07) is 18.6. The van der Waals surface area contributed by atoms with Crippen LogP contribution in [-0.2, 0) is 6.54 Å². The lowest BCUT2D eigenvalue weighted by Crippen LogP contribution is -2.15. The normalized spacial score (nSPS) is 10.7. The van der Waals surface area contributed by atoms with Gasteiger partial charge in [-0.05, 0) is 65.3 Å². The first-order valence-corrected chi connectivity index (χ1v) is 11.3. The minimum Gasteiger partial charge on any atom is -0.496 e. The van der Waals surface area contributed by atoms with Crippen LogP contribution >= 0.6 is 23.4 Å². The van der Waals surface area contributed by atoms with E-state index >= 15 is 0 Å². The lowest BCUT2D eigenvalue weighted by molar-refractivity contribution is 0.102. The summed E-state index contributed by atoms with van der Waals surface area (Å²) in [4.78, 5) is 18.2. The van der Waals surface area contributed by atoms with Gasteiger partial charge in [-0.1, -0.05) is 30.3 Å². The Hall–Kier alpha value is -3.56. The van der Waals surface area contributed by atoms with Crippen molar-refractivity contribution >= 4 is 35.0 Å². The molecule has 7 nitrogen and oxygen atoms in total. The van der Waals surface area contributed by atoms with Crippen molar-refractivity contribution in [2.45, 2.75) is 16.6 Å². The van der Waals surface area contributed by atoms with E-state index in [-0.39, 0.29) is 22.6 Å². The van der Waals surface area contributed by atoms with Gasteiger partial charge in [0.2, 0.25) is 5.28 Å². The second kappa shape index (κ2) is 10.6. The quantitative estimate of drug-likeness (QED) is 0.343. The van der Waals surface area contributed by atoms with Crippen LogP contribution in [0.2, 0.25) is 5.28 Å². The molecule has 0 saturated heterocycles. The van der Waals surface area contributed by atoms with Crippen LogP contribution in [0.4, 0.5) is 10.1 Å². The fraction of sp³-hybridized carbons (Fsp3) is 0.125. The molecular formula is C24H20ClFN4O3S. The molecule has 1 amide bonds. The molecule has 1 N–H and O–H groups in total. The van der Waals surface area contributed by atoms with Crippen molar-refractivity contribution in [1.82, 2.24) is 14.8 Å². The van der Waals surface area contributed by atoms with Gasteiger partial charge in [0.15, 0.2) is 5.16 Å². The van der Waals surface area contributed by atoms with Crippen LogP contribution in [0.5, 0.6) is 11.5 Å². The van der Waals surface area contributed by atoms with Crippen molar-refractivity contribution in [2.24, 2.45) is 0 Å². The van der Waals surface area contributed by atoms with Crippen molar-refractivity contribution in [3.63, 3.8) is 0 Å². The van der Waals surface area contributed by atoms with Crippen LogP contribution in [-0.4, -0.2) is 34.9 Å². The number of ether oxygens (including phenoxy) is 2. The molecule has 0 bridgehead atoms. The highest BCUT2D eigenvalue weighted by atomic mass is 35.5. The third-order valence-corrected chi connectivity index (χ3v) is 6.07. The number of carbonyl (C=O) groups is 1. The summed E-state index contributed by atoms with van der Waals surface area (Å²) in [5.41, 5.74) is 1.70. The Morgan fingerprint density at radius 1 is 1.03 bits per heavy atom. The number of methoxy groups -OCH3 is 2. The molecule has 0 saturated carbocycles. The van der Waals surface area contributed by atoms with Gasteiger partial charge in [-0.25, -0.2) is 9.07 Å². The Bertz CT molecular complexity index is 1290. The number of aromatic nitrogens is 3. The minimum absolute atomic E-state index is 0.0879. The van der Waals surface area contributed by atoms with E-state index in [1.807, 2.05) is 18.2 Å². The van der Waals surface area contributed by atoms with Gasteiger partial charge in [0.05, 0.1) is 26.5 Å². The summed E-state index contributed by atoms with van der Waals surface area (Å²) in [6.45, 7) is 0.356. The molecule has 0 aliphatic heterocycles. The van der Waals surface area contributed by atoms with Gasteiger partial charge in [-0.15, -0.1) is 5.10 Å². The van der Waals surface area contributed by atoms with Crippen molar-refractivity contribution in [3.8, 4) is 11.5 Å². The molecule has 10 heteroatoms.